The SMILES string of the molecule is CC[C@H]1/C=C/C=C/C=C/C=C/[C@H](O[C@@H]2O[C@H](C)[C@@H](O)[C@H](N)[C@@H]2O)CC2O[C@](O)(C[C@@H](O)C[C@@H](O)[C@H](O)/C=C/C(=O)O[C@@H]1C)C[C@H](O)[C@H]2C(=O)O. The molecule has 2 saturated heterocycles. The molecule has 10 N–H and O–H groups in total. The number of aliphatic hydroxyl groups excluding tert-OH is 6. The van der Waals surface area contributed by atoms with Gasteiger partial charge in [0.15, 0.2) is 12.1 Å². The summed E-state index contributed by atoms with van der Waals surface area (Å²) in [5.74, 6) is -6.09. The summed E-state index contributed by atoms with van der Waals surface area (Å²) < 4.78 is 23.0. The predicted molar refractivity (Wildman–Crippen MR) is 178 cm³/mol. The van der Waals surface area contributed by atoms with Gasteiger partial charge in [-0.15, -0.1) is 0 Å². The number of carboxylic acid groups (broad SMARTS) is 1. The van der Waals surface area contributed by atoms with Gasteiger partial charge in [0.05, 0.1) is 54.9 Å². The minimum atomic E-state index is -2.27. The Bertz CT molecular complexity index is 1250. The lowest BCUT2D eigenvalue weighted by molar-refractivity contribution is -0.308. The first kappa shape index (κ1) is 41.6. The fourth-order valence-electron chi connectivity index (χ4n) is 6.28. The van der Waals surface area contributed by atoms with Crippen LogP contribution in [0, 0.1) is 11.8 Å². The van der Waals surface area contributed by atoms with Crippen LogP contribution in [0.4, 0.5) is 0 Å². The van der Waals surface area contributed by atoms with Crippen LogP contribution in [0.25, 0.3) is 0 Å². The van der Waals surface area contributed by atoms with Gasteiger partial charge in [0, 0.05) is 37.7 Å². The van der Waals surface area contributed by atoms with Gasteiger partial charge in [0.1, 0.15) is 18.1 Å². The molecule has 0 saturated carbocycles. The summed E-state index contributed by atoms with van der Waals surface area (Å²) >= 11 is 0. The largest absolute Gasteiger partial charge is 0.481 e. The van der Waals surface area contributed by atoms with Crippen molar-refractivity contribution >= 4 is 11.9 Å². The van der Waals surface area contributed by atoms with Crippen molar-refractivity contribution in [1.29, 1.82) is 0 Å². The van der Waals surface area contributed by atoms with Gasteiger partial charge in [-0.1, -0.05) is 55.5 Å². The molecule has 3 rings (SSSR count). The highest BCUT2D eigenvalue weighted by Gasteiger charge is 2.51. The lowest BCUT2D eigenvalue weighted by Crippen LogP contribution is -2.61. The van der Waals surface area contributed by atoms with Crippen LogP contribution in [0.3, 0.4) is 0 Å². The number of carbonyl (C=O) groups excluding carboxylic acids is 1. The van der Waals surface area contributed by atoms with E-state index in [2.05, 4.69) is 0 Å². The third kappa shape index (κ3) is 11.9. The molecular weight excluding hydrogens is 658 g/mol. The van der Waals surface area contributed by atoms with Crippen LogP contribution < -0.4 is 5.73 Å². The number of esters is 1. The molecule has 15 atom stereocenters. The number of hydrogen-bond donors (Lipinski definition) is 9. The maximum Gasteiger partial charge on any atom is 0.330 e. The minimum Gasteiger partial charge on any atom is -0.481 e. The van der Waals surface area contributed by atoms with Crippen LogP contribution in [0.2, 0.25) is 0 Å². The molecule has 15 heteroatoms. The lowest BCUT2D eigenvalue weighted by Gasteiger charge is -2.45. The van der Waals surface area contributed by atoms with Gasteiger partial charge in [-0.2, -0.15) is 0 Å². The fraction of sp³-hybridized carbons (Fsp3) is 0.657. The van der Waals surface area contributed by atoms with E-state index in [9.17, 15) is 50.4 Å². The molecule has 2 bridgehead atoms. The zero-order valence-corrected chi connectivity index (χ0v) is 28.5. The van der Waals surface area contributed by atoms with Crippen LogP contribution in [0.15, 0.2) is 60.8 Å². The van der Waals surface area contributed by atoms with Crippen LogP contribution >= 0.6 is 0 Å². The van der Waals surface area contributed by atoms with Gasteiger partial charge in [-0.25, -0.2) is 4.79 Å². The van der Waals surface area contributed by atoms with E-state index < -0.39 is 116 Å². The fourth-order valence-corrected chi connectivity index (χ4v) is 6.28. The van der Waals surface area contributed by atoms with Crippen molar-refractivity contribution in [3.8, 4) is 0 Å². The normalized spacial score (nSPS) is 46.0. The summed E-state index contributed by atoms with van der Waals surface area (Å²) in [5.41, 5.74) is 5.97. The standard InChI is InChI=1S/C35H53NO14/c1-4-21-11-9-7-5-6-8-10-12-23(49-34-32(43)30(36)31(42)20(3)48-34)16-27-29(33(44)45)26(40)18-35(46,50-27)17-22(37)15-25(39)24(38)13-14-28(41)47-19(21)2/h5-14,19-27,29-32,34,37-40,42-43,46H,4,15-18,36H2,1-3H3,(H,44,45)/b7-5+,8-6+,11-9+,12-10+,14-13+/t19-,20-,21+,22+,23+,24-,25-,26+,27?,29-,30+,31-,32+,34+,35-/m1/s1. The minimum absolute atomic E-state index is 0.120. The summed E-state index contributed by atoms with van der Waals surface area (Å²) in [7, 11) is 0. The smallest absolute Gasteiger partial charge is 0.330 e. The Balaban J connectivity index is 1.95. The number of aliphatic hydroxyl groups is 7. The number of rotatable bonds is 4. The number of fused-ring (bicyclic) bond motifs is 2. The number of ether oxygens (including phenoxy) is 4. The van der Waals surface area contributed by atoms with Crippen molar-refractivity contribution in [3.63, 3.8) is 0 Å². The number of aliphatic carboxylic acids is 1. The van der Waals surface area contributed by atoms with Crippen LogP contribution in [0.5, 0.6) is 0 Å². The summed E-state index contributed by atoms with van der Waals surface area (Å²) in [4.78, 5) is 24.7. The van der Waals surface area contributed by atoms with Gasteiger partial charge in [-0.3, -0.25) is 4.79 Å². The number of allylic oxidation sites excluding steroid dienone is 6. The monoisotopic (exact) mass is 711 g/mol. The highest BCUT2D eigenvalue weighted by Crippen LogP contribution is 2.38. The summed E-state index contributed by atoms with van der Waals surface area (Å²) in [6, 6.07) is -1.11. The molecule has 282 valence electrons. The second-order valence-corrected chi connectivity index (χ2v) is 13.2. The average Bonchev–Trinajstić information content (AvgIpc) is 3.02. The first-order chi connectivity index (χ1) is 23.5. The van der Waals surface area contributed by atoms with Crippen molar-refractivity contribution < 1.29 is 69.4 Å². The zero-order valence-electron chi connectivity index (χ0n) is 28.5. The Hall–Kier alpha value is -2.80. The van der Waals surface area contributed by atoms with Crippen molar-refractivity contribution in [2.24, 2.45) is 17.6 Å². The molecular formula is C35H53NO14. The third-order valence-electron chi connectivity index (χ3n) is 9.18. The summed E-state index contributed by atoms with van der Waals surface area (Å²) in [5, 5.41) is 84.9. The van der Waals surface area contributed by atoms with Gasteiger partial charge in [0.2, 0.25) is 0 Å². The topological polar surface area (TPSA) is 259 Å². The third-order valence-corrected chi connectivity index (χ3v) is 9.18. The molecule has 2 fully saturated rings. The van der Waals surface area contributed by atoms with E-state index in [1.807, 2.05) is 13.0 Å². The molecule has 1 unspecified atom stereocenters. The molecule has 0 aromatic carbocycles. The lowest BCUT2D eigenvalue weighted by atomic mass is 9.82. The highest BCUT2D eigenvalue weighted by atomic mass is 16.7. The second kappa shape index (κ2) is 19.2. The first-order valence-corrected chi connectivity index (χ1v) is 16.9. The number of carbonyl (C=O) groups is 2. The Morgan fingerprint density at radius 1 is 0.900 bits per heavy atom. The molecule has 3 heterocycles. The van der Waals surface area contributed by atoms with Crippen LogP contribution in [-0.2, 0) is 28.5 Å². The zero-order chi connectivity index (χ0) is 37.2. The maximum absolute atomic E-state index is 12.4. The van der Waals surface area contributed by atoms with Crippen molar-refractivity contribution in [3.05, 3.63) is 60.8 Å². The highest BCUT2D eigenvalue weighted by molar-refractivity contribution is 5.82. The van der Waals surface area contributed by atoms with E-state index >= 15 is 0 Å². The van der Waals surface area contributed by atoms with Gasteiger partial charge in [0.25, 0.3) is 0 Å². The molecule has 3 aliphatic rings. The molecule has 0 spiro atoms. The van der Waals surface area contributed by atoms with Gasteiger partial charge < -0.3 is 65.5 Å². The molecule has 0 radical (unpaired) electrons. The summed E-state index contributed by atoms with van der Waals surface area (Å²) in [6.45, 7) is 5.21. The quantitative estimate of drug-likeness (QED) is 0.170. The maximum atomic E-state index is 12.4. The van der Waals surface area contributed by atoms with Crippen molar-refractivity contribution in [1.82, 2.24) is 0 Å². The van der Waals surface area contributed by atoms with E-state index in [4.69, 9.17) is 24.7 Å². The molecule has 0 aliphatic carbocycles. The Morgan fingerprint density at radius 2 is 1.54 bits per heavy atom. The number of carboxylic acids is 1. The molecule has 50 heavy (non-hydrogen) atoms. The second-order valence-electron chi connectivity index (χ2n) is 13.2. The average molecular weight is 712 g/mol. The van der Waals surface area contributed by atoms with E-state index in [0.29, 0.717) is 6.42 Å². The molecule has 3 aliphatic heterocycles. The molecule has 0 amide bonds. The number of cyclic esters (lactones) is 1. The van der Waals surface area contributed by atoms with Crippen LogP contribution in [0.1, 0.15) is 52.9 Å². The molecule has 0 aromatic rings. The summed E-state index contributed by atoms with van der Waals surface area (Å²) in [6.07, 6.45) is 0.278. The first-order valence-electron chi connectivity index (χ1n) is 16.9. The van der Waals surface area contributed by atoms with Crippen molar-refractivity contribution in [2.75, 3.05) is 0 Å². The Morgan fingerprint density at radius 3 is 2.18 bits per heavy atom. The van der Waals surface area contributed by atoms with E-state index in [1.165, 1.54) is 6.08 Å². The van der Waals surface area contributed by atoms with E-state index in [-0.39, 0.29) is 12.3 Å². The van der Waals surface area contributed by atoms with E-state index in [0.717, 1.165) is 12.2 Å². The Labute approximate surface area is 291 Å². The van der Waals surface area contributed by atoms with Gasteiger partial charge >= 0.3 is 11.9 Å². The van der Waals surface area contributed by atoms with Crippen molar-refractivity contribution in [2.45, 2.75) is 132 Å². The number of hydrogen-bond acceptors (Lipinski definition) is 14. The Kier molecular flexibility index (Phi) is 15.9. The number of nitrogens with two attached hydrogens (primary N) is 1. The molecule has 0 aromatic heterocycles. The molecule has 15 nitrogen and oxygen atoms in total. The van der Waals surface area contributed by atoms with E-state index in [1.54, 1.807) is 50.3 Å². The predicted octanol–water partition coefficient (Wildman–Crippen LogP) is -0.290. The van der Waals surface area contributed by atoms with Gasteiger partial charge in [-0.05, 0) is 26.3 Å². The van der Waals surface area contributed by atoms with Crippen LogP contribution in [-0.4, -0.2) is 132 Å².